The van der Waals surface area contributed by atoms with Crippen molar-refractivity contribution in [1.82, 2.24) is 5.32 Å². The molecule has 142 valence electrons. The number of hydrogen-bond donors (Lipinski definition) is 1. The predicted octanol–water partition coefficient (Wildman–Crippen LogP) is 5.05. The van der Waals surface area contributed by atoms with Crippen molar-refractivity contribution < 1.29 is 22.6 Å². The fourth-order valence-corrected chi connectivity index (χ4v) is 3.03. The van der Waals surface area contributed by atoms with Crippen LogP contribution in [-0.2, 0) is 6.61 Å². The van der Waals surface area contributed by atoms with Crippen LogP contribution in [0.4, 0.5) is 13.2 Å². The van der Waals surface area contributed by atoms with Crippen LogP contribution in [0.2, 0.25) is 0 Å². The first-order valence-electron chi connectivity index (χ1n) is 8.28. The second kappa shape index (κ2) is 9.14. The molecule has 2 aromatic rings. The summed E-state index contributed by atoms with van der Waals surface area (Å²) in [5.41, 5.74) is 1.54. The van der Waals surface area contributed by atoms with Crippen LogP contribution in [0.1, 0.15) is 29.9 Å². The molecule has 1 aliphatic rings. The standard InChI is InChI=1S/C19H20F3NO2.ClH/c20-19(21,22)25-18-12-16(24-13-14-4-2-1-3-5-14)6-7-17(18)15-8-10-23-11-9-15;/h1-7,12,15,23H,8-11,13H2;1H. The predicted molar refractivity (Wildman–Crippen MR) is 96.0 cm³/mol. The van der Waals surface area contributed by atoms with Gasteiger partial charge in [-0.25, -0.2) is 0 Å². The first-order chi connectivity index (χ1) is 12.0. The Hall–Kier alpha value is -1.92. The fourth-order valence-electron chi connectivity index (χ4n) is 3.03. The third kappa shape index (κ3) is 5.81. The molecule has 0 spiro atoms. The van der Waals surface area contributed by atoms with Crippen molar-refractivity contribution >= 4 is 12.4 Å². The average Bonchev–Trinajstić information content (AvgIpc) is 2.60. The summed E-state index contributed by atoms with van der Waals surface area (Å²) < 4.78 is 48.3. The van der Waals surface area contributed by atoms with E-state index in [9.17, 15) is 13.2 Å². The van der Waals surface area contributed by atoms with Gasteiger partial charge in [0.2, 0.25) is 0 Å². The van der Waals surface area contributed by atoms with E-state index in [2.05, 4.69) is 10.1 Å². The van der Waals surface area contributed by atoms with Gasteiger partial charge in [-0.05, 0) is 49.0 Å². The summed E-state index contributed by atoms with van der Waals surface area (Å²) in [5, 5.41) is 3.21. The molecule has 7 heteroatoms. The zero-order chi connectivity index (χ0) is 17.7. The zero-order valence-corrected chi connectivity index (χ0v) is 14.9. The normalized spacial score (nSPS) is 15.2. The molecule has 1 heterocycles. The maximum atomic E-state index is 12.8. The van der Waals surface area contributed by atoms with Crippen LogP contribution >= 0.6 is 12.4 Å². The Balaban J connectivity index is 0.00000243. The molecule has 3 rings (SSSR count). The second-order valence-corrected chi connectivity index (χ2v) is 6.05. The maximum Gasteiger partial charge on any atom is 0.573 e. The fraction of sp³-hybridized carbons (Fsp3) is 0.368. The Labute approximate surface area is 156 Å². The monoisotopic (exact) mass is 387 g/mol. The minimum absolute atomic E-state index is 0. The quantitative estimate of drug-likeness (QED) is 0.778. The summed E-state index contributed by atoms with van der Waals surface area (Å²) in [6.45, 7) is 1.88. The van der Waals surface area contributed by atoms with Crippen LogP contribution < -0.4 is 14.8 Å². The van der Waals surface area contributed by atoms with Crippen molar-refractivity contribution in [3.05, 3.63) is 59.7 Å². The van der Waals surface area contributed by atoms with E-state index in [0.29, 0.717) is 17.9 Å². The van der Waals surface area contributed by atoms with Gasteiger partial charge in [-0.3, -0.25) is 0 Å². The smallest absolute Gasteiger partial charge is 0.489 e. The zero-order valence-electron chi connectivity index (χ0n) is 14.1. The highest BCUT2D eigenvalue weighted by Gasteiger charge is 2.33. The first-order valence-corrected chi connectivity index (χ1v) is 8.28. The van der Waals surface area contributed by atoms with Crippen LogP contribution in [0.3, 0.4) is 0 Å². The van der Waals surface area contributed by atoms with E-state index in [-0.39, 0.29) is 24.1 Å². The molecular weight excluding hydrogens is 367 g/mol. The minimum Gasteiger partial charge on any atom is -0.489 e. The van der Waals surface area contributed by atoms with E-state index in [0.717, 1.165) is 31.5 Å². The lowest BCUT2D eigenvalue weighted by Gasteiger charge is -2.25. The molecule has 0 radical (unpaired) electrons. The average molecular weight is 388 g/mol. The molecule has 1 N–H and O–H groups in total. The van der Waals surface area contributed by atoms with E-state index in [1.54, 1.807) is 12.1 Å². The van der Waals surface area contributed by atoms with Gasteiger partial charge in [0.25, 0.3) is 0 Å². The number of benzene rings is 2. The molecule has 0 atom stereocenters. The largest absolute Gasteiger partial charge is 0.573 e. The Kier molecular flexibility index (Phi) is 7.17. The Bertz CT molecular complexity index is 689. The lowest BCUT2D eigenvalue weighted by molar-refractivity contribution is -0.275. The summed E-state index contributed by atoms with van der Waals surface area (Å²) in [5.74, 6) is 0.257. The maximum absolute atomic E-state index is 12.8. The number of hydrogen-bond acceptors (Lipinski definition) is 3. The van der Waals surface area contributed by atoms with Gasteiger partial charge >= 0.3 is 6.36 Å². The molecule has 0 saturated carbocycles. The number of ether oxygens (including phenoxy) is 2. The van der Waals surface area contributed by atoms with Crippen LogP contribution in [0.25, 0.3) is 0 Å². The van der Waals surface area contributed by atoms with Crippen molar-refractivity contribution in [2.45, 2.75) is 31.7 Å². The lowest BCUT2D eigenvalue weighted by Crippen LogP contribution is -2.27. The summed E-state index contributed by atoms with van der Waals surface area (Å²) in [4.78, 5) is 0. The van der Waals surface area contributed by atoms with Gasteiger partial charge < -0.3 is 14.8 Å². The van der Waals surface area contributed by atoms with E-state index in [1.807, 2.05) is 30.3 Å². The topological polar surface area (TPSA) is 30.5 Å². The third-order valence-corrected chi connectivity index (χ3v) is 4.24. The summed E-state index contributed by atoms with van der Waals surface area (Å²) in [7, 11) is 0. The molecule has 0 amide bonds. The Morgan fingerprint density at radius 2 is 1.69 bits per heavy atom. The van der Waals surface area contributed by atoms with Crippen LogP contribution in [0.5, 0.6) is 11.5 Å². The molecular formula is C19H21ClF3NO2. The number of piperidine rings is 1. The molecule has 26 heavy (non-hydrogen) atoms. The molecule has 1 fully saturated rings. The van der Waals surface area contributed by atoms with Gasteiger partial charge in [0.1, 0.15) is 18.1 Å². The Morgan fingerprint density at radius 1 is 1.00 bits per heavy atom. The SMILES string of the molecule is Cl.FC(F)(F)Oc1cc(OCc2ccccc2)ccc1C1CCNCC1. The molecule has 1 aliphatic heterocycles. The van der Waals surface area contributed by atoms with Crippen molar-refractivity contribution in [2.75, 3.05) is 13.1 Å². The van der Waals surface area contributed by atoms with Crippen molar-refractivity contribution in [1.29, 1.82) is 0 Å². The van der Waals surface area contributed by atoms with Gasteiger partial charge in [-0.2, -0.15) is 0 Å². The first kappa shape index (κ1) is 20.4. The minimum atomic E-state index is -4.72. The van der Waals surface area contributed by atoms with E-state index >= 15 is 0 Å². The molecule has 0 aliphatic carbocycles. The van der Waals surface area contributed by atoms with Crippen molar-refractivity contribution in [2.24, 2.45) is 0 Å². The molecule has 2 aromatic carbocycles. The van der Waals surface area contributed by atoms with Gasteiger partial charge in [0.05, 0.1) is 0 Å². The van der Waals surface area contributed by atoms with Crippen molar-refractivity contribution in [3.8, 4) is 11.5 Å². The van der Waals surface area contributed by atoms with Gasteiger partial charge in [0, 0.05) is 6.07 Å². The van der Waals surface area contributed by atoms with E-state index in [1.165, 1.54) is 6.07 Å². The number of halogens is 4. The number of nitrogens with one attached hydrogen (secondary N) is 1. The summed E-state index contributed by atoms with van der Waals surface area (Å²) >= 11 is 0. The van der Waals surface area contributed by atoms with E-state index < -0.39 is 6.36 Å². The molecule has 3 nitrogen and oxygen atoms in total. The van der Waals surface area contributed by atoms with Crippen LogP contribution in [-0.4, -0.2) is 19.5 Å². The molecule has 0 aromatic heterocycles. The summed E-state index contributed by atoms with van der Waals surface area (Å²) in [6, 6.07) is 14.2. The van der Waals surface area contributed by atoms with Crippen LogP contribution in [0.15, 0.2) is 48.5 Å². The number of rotatable bonds is 5. The molecule has 0 unspecified atom stereocenters. The van der Waals surface area contributed by atoms with Crippen LogP contribution in [0, 0.1) is 0 Å². The van der Waals surface area contributed by atoms with Gasteiger partial charge in [-0.15, -0.1) is 25.6 Å². The molecule has 1 saturated heterocycles. The highest BCUT2D eigenvalue weighted by molar-refractivity contribution is 5.85. The number of alkyl halides is 3. The highest BCUT2D eigenvalue weighted by atomic mass is 35.5. The Morgan fingerprint density at radius 3 is 2.35 bits per heavy atom. The van der Waals surface area contributed by atoms with Gasteiger partial charge in [-0.1, -0.05) is 36.4 Å². The highest BCUT2D eigenvalue weighted by Crippen LogP contribution is 2.38. The second-order valence-electron chi connectivity index (χ2n) is 6.05. The van der Waals surface area contributed by atoms with Gasteiger partial charge in [0.15, 0.2) is 0 Å². The van der Waals surface area contributed by atoms with E-state index in [4.69, 9.17) is 4.74 Å². The van der Waals surface area contributed by atoms with Crippen molar-refractivity contribution in [3.63, 3.8) is 0 Å². The third-order valence-electron chi connectivity index (χ3n) is 4.24. The molecule has 0 bridgehead atoms. The summed E-state index contributed by atoms with van der Waals surface area (Å²) in [6.07, 6.45) is -3.14. The lowest BCUT2D eigenvalue weighted by atomic mass is 9.89.